The zero-order valence-corrected chi connectivity index (χ0v) is 21.9. The van der Waals surface area contributed by atoms with Gasteiger partial charge in [-0.25, -0.2) is 0 Å². The molecule has 0 aromatic heterocycles. The first kappa shape index (κ1) is 26.4. The molecule has 2 unspecified atom stereocenters. The van der Waals surface area contributed by atoms with Crippen LogP contribution in [-0.2, 0) is 19.1 Å². The van der Waals surface area contributed by atoms with Crippen LogP contribution in [0.5, 0.6) is 5.75 Å². The van der Waals surface area contributed by atoms with E-state index in [0.29, 0.717) is 30.8 Å². The Bertz CT molecular complexity index is 1000. The molecule has 7 atom stereocenters. The van der Waals surface area contributed by atoms with Crippen molar-refractivity contribution in [2.45, 2.75) is 76.7 Å². The maximum absolute atomic E-state index is 14.1. The number of aliphatic hydroxyl groups excluding tert-OH is 1. The average Bonchev–Trinajstić information content (AvgIpc) is 3.44. The lowest BCUT2D eigenvalue weighted by Gasteiger charge is -2.39. The van der Waals surface area contributed by atoms with Crippen molar-refractivity contribution in [3.8, 4) is 5.75 Å². The Morgan fingerprint density at radius 3 is 2.50 bits per heavy atom. The van der Waals surface area contributed by atoms with Gasteiger partial charge >= 0.3 is 0 Å². The standard InChI is InChI=1S/C27H39N3O6/c1-6-14-28-23(32)20-21-25(34)30(19(15-31)16(3)7-2)22(27(21)13-12-26(20,4)36-27)24(33)29-17-8-10-18(35-5)11-9-17/h8-11,16,19-22,31H,6-7,12-15H2,1-5H3,(H,28,32)(H,29,33)/t16-,19-,20+,21-,22?,26-,27?/m0/s1. The average molecular weight is 502 g/mol. The number of methoxy groups -OCH3 is 1. The molecule has 0 saturated carbocycles. The third-order valence-corrected chi connectivity index (χ3v) is 8.50. The Kier molecular flexibility index (Phi) is 7.35. The predicted octanol–water partition coefficient (Wildman–Crippen LogP) is 2.33. The van der Waals surface area contributed by atoms with Crippen molar-refractivity contribution >= 4 is 23.4 Å². The quantitative estimate of drug-likeness (QED) is 0.453. The fourth-order valence-electron chi connectivity index (χ4n) is 6.48. The van der Waals surface area contributed by atoms with E-state index in [2.05, 4.69) is 10.6 Å². The van der Waals surface area contributed by atoms with Gasteiger partial charge < -0.3 is 30.1 Å². The predicted molar refractivity (Wildman–Crippen MR) is 134 cm³/mol. The number of fused-ring (bicyclic) bond motifs is 1. The molecule has 3 amide bonds. The number of carbonyl (C=O) groups excluding carboxylic acids is 3. The van der Waals surface area contributed by atoms with Gasteiger partial charge in [0.2, 0.25) is 17.7 Å². The Morgan fingerprint density at radius 2 is 1.92 bits per heavy atom. The second kappa shape index (κ2) is 10.0. The smallest absolute Gasteiger partial charge is 0.250 e. The highest BCUT2D eigenvalue weighted by atomic mass is 16.5. The molecule has 9 heteroatoms. The second-order valence-corrected chi connectivity index (χ2v) is 10.6. The largest absolute Gasteiger partial charge is 0.497 e. The van der Waals surface area contributed by atoms with Crippen LogP contribution in [0.2, 0.25) is 0 Å². The summed E-state index contributed by atoms with van der Waals surface area (Å²) < 4.78 is 11.8. The number of carbonyl (C=O) groups is 3. The Hall–Kier alpha value is -2.65. The van der Waals surface area contributed by atoms with E-state index in [9.17, 15) is 19.5 Å². The number of hydrogen-bond donors (Lipinski definition) is 3. The number of aliphatic hydroxyl groups is 1. The summed E-state index contributed by atoms with van der Waals surface area (Å²) in [5.41, 5.74) is -1.39. The van der Waals surface area contributed by atoms with Crippen molar-refractivity contribution in [2.75, 3.05) is 25.6 Å². The van der Waals surface area contributed by atoms with Crippen LogP contribution in [0.15, 0.2) is 24.3 Å². The monoisotopic (exact) mass is 501 g/mol. The number of nitrogens with one attached hydrogen (secondary N) is 2. The van der Waals surface area contributed by atoms with Gasteiger partial charge in [0.05, 0.1) is 37.2 Å². The molecule has 3 N–H and O–H groups in total. The summed E-state index contributed by atoms with van der Waals surface area (Å²) in [6.45, 7) is 8.04. The van der Waals surface area contributed by atoms with Crippen molar-refractivity contribution in [1.82, 2.24) is 10.2 Å². The fourth-order valence-corrected chi connectivity index (χ4v) is 6.48. The molecule has 36 heavy (non-hydrogen) atoms. The van der Waals surface area contributed by atoms with Gasteiger partial charge in [-0.1, -0.05) is 27.2 Å². The number of likely N-dealkylation sites (tertiary alicyclic amines) is 1. The van der Waals surface area contributed by atoms with E-state index in [0.717, 1.165) is 12.8 Å². The van der Waals surface area contributed by atoms with Gasteiger partial charge in [-0.15, -0.1) is 0 Å². The molecule has 1 spiro atoms. The van der Waals surface area contributed by atoms with E-state index in [1.54, 1.807) is 31.4 Å². The summed E-state index contributed by atoms with van der Waals surface area (Å²) in [6, 6.07) is 5.44. The number of ether oxygens (including phenoxy) is 2. The molecule has 0 aliphatic carbocycles. The topological polar surface area (TPSA) is 117 Å². The highest BCUT2D eigenvalue weighted by molar-refractivity contribution is 6.04. The van der Waals surface area contributed by atoms with Gasteiger partial charge in [-0.05, 0) is 56.4 Å². The van der Waals surface area contributed by atoms with Crippen LogP contribution in [0.1, 0.15) is 53.4 Å². The lowest BCUT2D eigenvalue weighted by Crippen LogP contribution is -2.57. The highest BCUT2D eigenvalue weighted by Crippen LogP contribution is 2.63. The van der Waals surface area contributed by atoms with E-state index in [4.69, 9.17) is 9.47 Å². The Balaban J connectivity index is 1.75. The third kappa shape index (κ3) is 4.06. The maximum atomic E-state index is 14.1. The number of rotatable bonds is 10. The van der Waals surface area contributed by atoms with Crippen molar-refractivity contribution in [3.63, 3.8) is 0 Å². The third-order valence-electron chi connectivity index (χ3n) is 8.50. The van der Waals surface area contributed by atoms with Crippen molar-refractivity contribution in [2.24, 2.45) is 17.8 Å². The van der Waals surface area contributed by atoms with Gasteiger partial charge in [0, 0.05) is 12.2 Å². The van der Waals surface area contributed by atoms with Gasteiger partial charge in [-0.2, -0.15) is 0 Å². The SMILES string of the molecule is CCCNC(=O)[C@H]1[C@H]2C(=O)N([C@@H](CO)[C@@H](C)CC)C(C(=O)Nc3ccc(OC)cc3)C23CC[C@]1(C)O3. The second-order valence-electron chi connectivity index (χ2n) is 10.6. The summed E-state index contributed by atoms with van der Waals surface area (Å²) in [7, 11) is 1.57. The summed E-state index contributed by atoms with van der Waals surface area (Å²) in [5, 5.41) is 16.3. The molecule has 3 fully saturated rings. The molecular formula is C27H39N3O6. The van der Waals surface area contributed by atoms with Crippen molar-refractivity contribution < 1.29 is 29.0 Å². The number of benzene rings is 1. The molecule has 4 rings (SSSR count). The van der Waals surface area contributed by atoms with Gasteiger partial charge in [0.25, 0.3) is 0 Å². The molecule has 1 aromatic carbocycles. The summed E-state index contributed by atoms with van der Waals surface area (Å²) in [4.78, 5) is 42.9. The number of anilines is 1. The molecule has 2 bridgehead atoms. The number of nitrogens with zero attached hydrogens (tertiary/aromatic N) is 1. The van der Waals surface area contributed by atoms with E-state index in [1.165, 1.54) is 4.90 Å². The molecule has 198 valence electrons. The van der Waals surface area contributed by atoms with Crippen LogP contribution in [-0.4, -0.2) is 71.3 Å². The van der Waals surface area contributed by atoms with Crippen LogP contribution in [0, 0.1) is 17.8 Å². The van der Waals surface area contributed by atoms with E-state index < -0.39 is 35.1 Å². The minimum atomic E-state index is -1.13. The highest BCUT2D eigenvalue weighted by Gasteiger charge is 2.78. The summed E-state index contributed by atoms with van der Waals surface area (Å²) >= 11 is 0. The maximum Gasteiger partial charge on any atom is 0.250 e. The van der Waals surface area contributed by atoms with Crippen LogP contribution in [0.3, 0.4) is 0 Å². The minimum Gasteiger partial charge on any atom is -0.497 e. The van der Waals surface area contributed by atoms with Crippen LogP contribution in [0.4, 0.5) is 5.69 Å². The van der Waals surface area contributed by atoms with E-state index >= 15 is 0 Å². The minimum absolute atomic E-state index is 0.0504. The van der Waals surface area contributed by atoms with Crippen LogP contribution < -0.4 is 15.4 Å². The first-order valence-electron chi connectivity index (χ1n) is 13.0. The molecule has 3 aliphatic rings. The van der Waals surface area contributed by atoms with Crippen LogP contribution in [0.25, 0.3) is 0 Å². The van der Waals surface area contributed by atoms with Gasteiger partial charge in [0.1, 0.15) is 17.4 Å². The summed E-state index contributed by atoms with van der Waals surface area (Å²) in [5.74, 6) is -1.74. The molecular weight excluding hydrogens is 462 g/mol. The number of hydrogen-bond acceptors (Lipinski definition) is 6. The van der Waals surface area contributed by atoms with E-state index in [-0.39, 0.29) is 30.2 Å². The first-order chi connectivity index (χ1) is 17.2. The molecule has 3 aliphatic heterocycles. The van der Waals surface area contributed by atoms with Gasteiger partial charge in [0.15, 0.2) is 0 Å². The normalized spacial score (nSPS) is 32.2. The molecule has 3 heterocycles. The lowest BCUT2D eigenvalue weighted by atomic mass is 9.66. The molecule has 0 radical (unpaired) electrons. The van der Waals surface area contributed by atoms with Crippen molar-refractivity contribution in [3.05, 3.63) is 24.3 Å². The Labute approximate surface area is 212 Å². The lowest BCUT2D eigenvalue weighted by molar-refractivity contribution is -0.149. The zero-order valence-electron chi connectivity index (χ0n) is 21.9. The molecule has 3 saturated heterocycles. The van der Waals surface area contributed by atoms with Crippen LogP contribution >= 0.6 is 0 Å². The fraction of sp³-hybridized carbons (Fsp3) is 0.667. The summed E-state index contributed by atoms with van der Waals surface area (Å²) in [6.07, 6.45) is 2.57. The van der Waals surface area contributed by atoms with Gasteiger partial charge in [-0.3, -0.25) is 14.4 Å². The molecule has 1 aromatic rings. The van der Waals surface area contributed by atoms with E-state index in [1.807, 2.05) is 27.7 Å². The number of amides is 3. The zero-order chi connectivity index (χ0) is 26.3. The molecule has 9 nitrogen and oxygen atoms in total. The first-order valence-corrected chi connectivity index (χ1v) is 13.0. The van der Waals surface area contributed by atoms with Crippen molar-refractivity contribution in [1.29, 1.82) is 0 Å². The Morgan fingerprint density at radius 1 is 1.22 bits per heavy atom.